The molecule has 9 heteroatoms. The molecule has 34 heavy (non-hydrogen) atoms. The normalized spacial score (nSPS) is 16.1. The van der Waals surface area contributed by atoms with Crippen LogP contribution in [0.5, 0.6) is 23.0 Å². The van der Waals surface area contributed by atoms with Crippen LogP contribution in [0.2, 0.25) is 5.02 Å². The number of methoxy groups -OCH3 is 2. The van der Waals surface area contributed by atoms with Crippen molar-refractivity contribution >= 4 is 23.3 Å². The number of amides is 2. The van der Waals surface area contributed by atoms with Crippen LogP contribution in [0.25, 0.3) is 0 Å². The number of ether oxygens (including phenoxy) is 4. The van der Waals surface area contributed by atoms with Gasteiger partial charge in [0.2, 0.25) is 6.79 Å². The summed E-state index contributed by atoms with van der Waals surface area (Å²) in [6.07, 6.45) is 0.548. The summed E-state index contributed by atoms with van der Waals surface area (Å²) in [7, 11) is 3.09. The van der Waals surface area contributed by atoms with Gasteiger partial charge in [-0.2, -0.15) is 0 Å². The molecule has 2 heterocycles. The third kappa shape index (κ3) is 3.84. The first-order valence-corrected chi connectivity index (χ1v) is 11.0. The molecule has 2 aliphatic rings. The standard InChI is InChI=1S/C25H22ClFN2O5/c1-31-20-10-14-8-9-29(25(30)28-15-6-7-19-22(11-15)34-13-33-19)24(16(14)12-21(20)32-2)23-17(26)4-3-5-18(23)27/h3-7,10-12,24H,8-9,13H2,1-2H3,(H,28,30)/t24-/m0/s1. The second-order valence-electron chi connectivity index (χ2n) is 7.89. The Labute approximate surface area is 200 Å². The number of carbonyl (C=O) groups excluding carboxylic acids is 1. The van der Waals surface area contributed by atoms with E-state index in [1.54, 1.807) is 42.3 Å². The summed E-state index contributed by atoms with van der Waals surface area (Å²) in [5.74, 6) is 1.71. The lowest BCUT2D eigenvalue weighted by molar-refractivity contribution is 0.174. The Balaban J connectivity index is 1.57. The van der Waals surface area contributed by atoms with Crippen LogP contribution in [0.3, 0.4) is 0 Å². The molecule has 0 saturated heterocycles. The second-order valence-corrected chi connectivity index (χ2v) is 8.29. The van der Waals surface area contributed by atoms with E-state index in [9.17, 15) is 4.79 Å². The van der Waals surface area contributed by atoms with Crippen LogP contribution in [0.15, 0.2) is 48.5 Å². The van der Waals surface area contributed by atoms with Gasteiger partial charge < -0.3 is 29.2 Å². The Hall–Kier alpha value is -3.65. The van der Waals surface area contributed by atoms with Crippen molar-refractivity contribution in [1.82, 2.24) is 4.90 Å². The lowest BCUT2D eigenvalue weighted by atomic mass is 9.87. The summed E-state index contributed by atoms with van der Waals surface area (Å²) in [6.45, 7) is 0.475. The van der Waals surface area contributed by atoms with Gasteiger partial charge in [-0.25, -0.2) is 9.18 Å². The molecule has 3 aromatic rings. The Morgan fingerprint density at radius 1 is 1.09 bits per heavy atom. The highest BCUT2D eigenvalue weighted by Crippen LogP contribution is 2.44. The largest absolute Gasteiger partial charge is 0.493 e. The van der Waals surface area contributed by atoms with Crippen LogP contribution in [-0.2, 0) is 6.42 Å². The molecule has 2 amide bonds. The van der Waals surface area contributed by atoms with E-state index >= 15 is 4.39 Å². The number of hydrogen-bond acceptors (Lipinski definition) is 5. The molecule has 0 saturated carbocycles. The average molecular weight is 485 g/mol. The van der Waals surface area contributed by atoms with E-state index < -0.39 is 17.9 Å². The van der Waals surface area contributed by atoms with Gasteiger partial charge in [-0.15, -0.1) is 0 Å². The van der Waals surface area contributed by atoms with Crippen molar-refractivity contribution in [2.24, 2.45) is 0 Å². The van der Waals surface area contributed by atoms with E-state index in [1.807, 2.05) is 6.07 Å². The Bertz CT molecular complexity index is 1250. The van der Waals surface area contributed by atoms with Gasteiger partial charge in [-0.3, -0.25) is 0 Å². The lowest BCUT2D eigenvalue weighted by Gasteiger charge is -2.38. The van der Waals surface area contributed by atoms with Gasteiger partial charge in [0, 0.05) is 28.9 Å². The molecule has 0 aliphatic carbocycles. The molecular formula is C25H22ClFN2O5. The van der Waals surface area contributed by atoms with Crippen LogP contribution in [0, 0.1) is 5.82 Å². The van der Waals surface area contributed by atoms with Gasteiger partial charge in [0.25, 0.3) is 0 Å². The number of benzene rings is 3. The van der Waals surface area contributed by atoms with E-state index in [-0.39, 0.29) is 17.4 Å². The van der Waals surface area contributed by atoms with Crippen LogP contribution in [-0.4, -0.2) is 38.5 Å². The van der Waals surface area contributed by atoms with Gasteiger partial charge in [0.05, 0.1) is 20.3 Å². The van der Waals surface area contributed by atoms with Crippen molar-refractivity contribution in [2.75, 3.05) is 32.9 Å². The van der Waals surface area contributed by atoms with E-state index in [4.69, 9.17) is 30.5 Å². The zero-order valence-corrected chi connectivity index (χ0v) is 19.3. The van der Waals surface area contributed by atoms with Crippen LogP contribution in [0.4, 0.5) is 14.9 Å². The molecule has 0 bridgehead atoms. The summed E-state index contributed by atoms with van der Waals surface area (Å²) < 4.78 is 36.8. The molecule has 0 radical (unpaired) electrons. The number of anilines is 1. The molecule has 0 unspecified atom stereocenters. The van der Waals surface area contributed by atoms with Crippen molar-refractivity contribution in [3.63, 3.8) is 0 Å². The van der Waals surface area contributed by atoms with E-state index in [1.165, 1.54) is 19.2 Å². The van der Waals surface area contributed by atoms with Crippen molar-refractivity contribution in [2.45, 2.75) is 12.5 Å². The SMILES string of the molecule is COc1cc2c(cc1OC)[C@@H](c1c(F)cccc1Cl)N(C(=O)Nc1ccc3c(c1)OCO3)CC2. The number of rotatable bonds is 4. The number of nitrogens with zero attached hydrogens (tertiary/aromatic N) is 1. The predicted molar refractivity (Wildman–Crippen MR) is 125 cm³/mol. The molecule has 0 aromatic heterocycles. The zero-order chi connectivity index (χ0) is 23.8. The van der Waals surface area contributed by atoms with Crippen LogP contribution in [0.1, 0.15) is 22.7 Å². The van der Waals surface area contributed by atoms with Crippen molar-refractivity contribution in [3.05, 3.63) is 76.1 Å². The third-order valence-corrected chi connectivity index (χ3v) is 6.36. The fourth-order valence-corrected chi connectivity index (χ4v) is 4.68. The number of fused-ring (bicyclic) bond motifs is 2. The molecule has 1 atom stereocenters. The summed E-state index contributed by atoms with van der Waals surface area (Å²) >= 11 is 6.47. The smallest absolute Gasteiger partial charge is 0.322 e. The molecule has 2 aliphatic heterocycles. The van der Waals surface area contributed by atoms with E-state index in [2.05, 4.69) is 5.32 Å². The van der Waals surface area contributed by atoms with E-state index in [0.717, 1.165) is 11.1 Å². The average Bonchev–Trinajstić information content (AvgIpc) is 3.31. The fourth-order valence-electron chi connectivity index (χ4n) is 4.42. The minimum atomic E-state index is -0.772. The minimum absolute atomic E-state index is 0.134. The molecule has 0 spiro atoms. The first-order chi connectivity index (χ1) is 16.5. The number of halogens is 2. The quantitative estimate of drug-likeness (QED) is 0.536. The molecule has 176 valence electrons. The minimum Gasteiger partial charge on any atom is -0.493 e. The Morgan fingerprint density at radius 3 is 2.62 bits per heavy atom. The van der Waals surface area contributed by atoms with Crippen LogP contribution >= 0.6 is 11.6 Å². The monoisotopic (exact) mass is 484 g/mol. The number of urea groups is 1. The second kappa shape index (κ2) is 8.95. The van der Waals surface area contributed by atoms with Crippen molar-refractivity contribution in [1.29, 1.82) is 0 Å². The summed E-state index contributed by atoms with van der Waals surface area (Å²) in [6, 6.07) is 12.1. The molecule has 7 nitrogen and oxygen atoms in total. The van der Waals surface area contributed by atoms with Crippen LogP contribution < -0.4 is 24.3 Å². The van der Waals surface area contributed by atoms with E-state index in [0.29, 0.717) is 41.7 Å². The summed E-state index contributed by atoms with van der Waals surface area (Å²) in [5.41, 5.74) is 2.40. The summed E-state index contributed by atoms with van der Waals surface area (Å²) in [5, 5.41) is 3.12. The first kappa shape index (κ1) is 22.2. The van der Waals surface area contributed by atoms with Crippen molar-refractivity contribution in [3.8, 4) is 23.0 Å². The van der Waals surface area contributed by atoms with Gasteiger partial charge in [0.15, 0.2) is 23.0 Å². The maximum absolute atomic E-state index is 15.1. The third-order valence-electron chi connectivity index (χ3n) is 6.03. The van der Waals surface area contributed by atoms with Crippen molar-refractivity contribution < 1.29 is 28.1 Å². The first-order valence-electron chi connectivity index (χ1n) is 10.7. The van der Waals surface area contributed by atoms with Gasteiger partial charge >= 0.3 is 6.03 Å². The Kier molecular flexibility index (Phi) is 5.83. The maximum atomic E-state index is 15.1. The molecule has 3 aromatic carbocycles. The number of carbonyl (C=O) groups is 1. The molecular weight excluding hydrogens is 463 g/mol. The topological polar surface area (TPSA) is 69.3 Å². The summed E-state index contributed by atoms with van der Waals surface area (Å²) in [4.78, 5) is 15.1. The van der Waals surface area contributed by atoms with Gasteiger partial charge in [-0.05, 0) is 53.9 Å². The predicted octanol–water partition coefficient (Wildman–Crippen LogP) is 5.40. The van der Waals surface area contributed by atoms with Gasteiger partial charge in [0.1, 0.15) is 5.82 Å². The number of nitrogens with one attached hydrogen (secondary N) is 1. The molecule has 1 N–H and O–H groups in total. The zero-order valence-electron chi connectivity index (χ0n) is 18.6. The molecule has 5 rings (SSSR count). The highest BCUT2D eigenvalue weighted by Gasteiger charge is 2.36. The number of hydrogen-bond donors (Lipinski definition) is 1. The highest BCUT2D eigenvalue weighted by molar-refractivity contribution is 6.31. The lowest BCUT2D eigenvalue weighted by Crippen LogP contribution is -2.43. The molecule has 0 fully saturated rings. The van der Waals surface area contributed by atoms with Gasteiger partial charge in [-0.1, -0.05) is 17.7 Å². The highest BCUT2D eigenvalue weighted by atomic mass is 35.5. The maximum Gasteiger partial charge on any atom is 0.322 e. The Morgan fingerprint density at radius 2 is 1.85 bits per heavy atom. The fraction of sp³-hybridized carbons (Fsp3) is 0.240.